The van der Waals surface area contributed by atoms with Crippen molar-refractivity contribution in [3.8, 4) is 39.9 Å². The lowest BCUT2D eigenvalue weighted by Gasteiger charge is -2.11. The summed E-state index contributed by atoms with van der Waals surface area (Å²) in [6.45, 7) is 0. The van der Waals surface area contributed by atoms with E-state index >= 15 is 0 Å². The molecular weight excluding hydrogens is 589 g/mol. The molecule has 3 heterocycles. The van der Waals surface area contributed by atoms with Crippen molar-refractivity contribution in [2.24, 2.45) is 0 Å². The van der Waals surface area contributed by atoms with Crippen LogP contribution in [0.5, 0.6) is 0 Å². The van der Waals surface area contributed by atoms with E-state index in [2.05, 4.69) is 47.0 Å². The monoisotopic (exact) mass is 619 g/mol. The van der Waals surface area contributed by atoms with E-state index in [4.69, 9.17) is 26.2 Å². The third-order valence-corrected chi connectivity index (χ3v) is 8.92. The smallest absolute Gasteiger partial charge is 0.164 e. The molecule has 0 atom stereocenters. The first-order chi connectivity index (χ1) is 25.9. The molecule has 224 valence electrons. The predicted octanol–water partition coefficient (Wildman–Crippen LogP) is 11.0. The van der Waals surface area contributed by atoms with E-state index in [1.54, 1.807) is 0 Å². The molecule has 0 aliphatic carbocycles. The summed E-state index contributed by atoms with van der Waals surface area (Å²) in [6.07, 6.45) is 0. The van der Waals surface area contributed by atoms with Gasteiger partial charge < -0.3 is 8.98 Å². The van der Waals surface area contributed by atoms with Gasteiger partial charge in [-0.1, -0.05) is 115 Å². The van der Waals surface area contributed by atoms with Gasteiger partial charge in [0.15, 0.2) is 17.5 Å². The molecule has 0 fully saturated rings. The lowest BCUT2D eigenvalue weighted by atomic mass is 10.0. The molecule has 5 heteroatoms. The largest absolute Gasteiger partial charge is 0.456 e. The molecule has 3 aromatic heterocycles. The molecule has 0 aliphatic heterocycles. The van der Waals surface area contributed by atoms with Gasteiger partial charge in [-0.15, -0.1) is 0 Å². The van der Waals surface area contributed by atoms with Crippen LogP contribution < -0.4 is 0 Å². The van der Waals surface area contributed by atoms with Crippen LogP contribution >= 0.6 is 0 Å². The summed E-state index contributed by atoms with van der Waals surface area (Å²) in [5, 5.41) is 5.69. The molecule has 0 spiro atoms. The van der Waals surface area contributed by atoms with Crippen molar-refractivity contribution in [3.63, 3.8) is 0 Å². The van der Waals surface area contributed by atoms with Crippen molar-refractivity contribution in [2.75, 3.05) is 0 Å². The fourth-order valence-corrected chi connectivity index (χ4v) is 6.85. The number of furan rings is 1. The first-order valence-electron chi connectivity index (χ1n) is 18.1. The van der Waals surface area contributed by atoms with Gasteiger partial charge in [0.2, 0.25) is 0 Å². The summed E-state index contributed by atoms with van der Waals surface area (Å²) in [5.74, 6) is 0.553. The highest BCUT2D eigenvalue weighted by Gasteiger charge is 2.21. The van der Waals surface area contributed by atoms with Gasteiger partial charge in [0.1, 0.15) is 11.2 Å². The second kappa shape index (κ2) is 10.5. The second-order valence-corrected chi connectivity index (χ2v) is 11.7. The maximum atomic E-state index is 8.86. The highest BCUT2D eigenvalue weighted by molar-refractivity contribution is 6.16. The standard InChI is InChI=1S/C43H26N4O/c1-3-13-27(14-4-1)41-44-42(32-20-11-23-36-39(32)31-19-9-10-22-35(31)47(36)30-17-5-2-6-18-30)46-43(45-41)33-21-12-24-37-40(33)34-25-28-15-7-8-16-29(28)26-38(34)48-37/h1-26H/i1D,3D,4D,13D,14D. The molecule has 0 bridgehead atoms. The summed E-state index contributed by atoms with van der Waals surface area (Å²) in [4.78, 5) is 14.9. The minimum Gasteiger partial charge on any atom is -0.456 e. The molecule has 0 unspecified atom stereocenters. The summed E-state index contributed by atoms with van der Waals surface area (Å²) in [6, 6.07) is 40.0. The molecule has 0 amide bonds. The Bertz CT molecular complexity index is 3110. The number of fused-ring (bicyclic) bond motifs is 7. The van der Waals surface area contributed by atoms with Crippen LogP contribution in [0, 0.1) is 0 Å². The molecule has 0 saturated heterocycles. The zero-order chi connectivity index (χ0) is 36.0. The van der Waals surface area contributed by atoms with Crippen LogP contribution in [0.1, 0.15) is 6.85 Å². The van der Waals surface area contributed by atoms with Gasteiger partial charge in [-0.25, -0.2) is 15.0 Å². The van der Waals surface area contributed by atoms with E-state index in [0.717, 1.165) is 49.0 Å². The zero-order valence-corrected chi connectivity index (χ0v) is 25.3. The number of aromatic nitrogens is 4. The molecule has 0 N–H and O–H groups in total. The van der Waals surface area contributed by atoms with Crippen LogP contribution in [0.3, 0.4) is 0 Å². The van der Waals surface area contributed by atoms with Gasteiger partial charge >= 0.3 is 0 Å². The Hall–Kier alpha value is -6.59. The highest BCUT2D eigenvalue weighted by atomic mass is 16.3. The Kier molecular flexibility index (Phi) is 4.81. The second-order valence-electron chi connectivity index (χ2n) is 11.7. The summed E-state index contributed by atoms with van der Waals surface area (Å²) in [7, 11) is 0. The van der Waals surface area contributed by atoms with E-state index < -0.39 is 30.2 Å². The van der Waals surface area contributed by atoms with E-state index in [1.807, 2.05) is 84.9 Å². The SMILES string of the molecule is [2H]c1c([2H])c([2H])c(-c2nc(-c3cccc4oc5cc6ccccc6cc5c34)nc(-c3cccc4c3c3ccccc3n4-c3ccccc3)n2)c([2H])c1[2H]. The van der Waals surface area contributed by atoms with Gasteiger partial charge in [0, 0.05) is 43.9 Å². The lowest BCUT2D eigenvalue weighted by molar-refractivity contribution is 0.669. The van der Waals surface area contributed by atoms with Crippen LogP contribution in [-0.2, 0) is 0 Å². The fourth-order valence-electron chi connectivity index (χ4n) is 6.85. The fraction of sp³-hybridized carbons (Fsp3) is 0. The quantitative estimate of drug-likeness (QED) is 0.197. The summed E-state index contributed by atoms with van der Waals surface area (Å²) < 4.78 is 51.4. The number of hydrogen-bond acceptors (Lipinski definition) is 4. The minimum absolute atomic E-state index is 0.0268. The Morgan fingerprint density at radius 1 is 0.500 bits per heavy atom. The van der Waals surface area contributed by atoms with E-state index in [0.29, 0.717) is 28.1 Å². The average Bonchev–Trinajstić information content (AvgIpc) is 3.74. The number of rotatable bonds is 4. The summed E-state index contributed by atoms with van der Waals surface area (Å²) in [5.41, 5.74) is 5.57. The average molecular weight is 620 g/mol. The Labute approximate surface area is 282 Å². The molecule has 10 aromatic rings. The third kappa shape index (κ3) is 4.08. The summed E-state index contributed by atoms with van der Waals surface area (Å²) >= 11 is 0. The maximum absolute atomic E-state index is 8.86. The highest BCUT2D eigenvalue weighted by Crippen LogP contribution is 2.40. The molecule has 10 rings (SSSR count). The van der Waals surface area contributed by atoms with Crippen molar-refractivity contribution in [1.82, 2.24) is 19.5 Å². The molecule has 5 nitrogen and oxygen atoms in total. The van der Waals surface area contributed by atoms with E-state index in [1.165, 1.54) is 0 Å². The maximum Gasteiger partial charge on any atom is 0.164 e. The third-order valence-electron chi connectivity index (χ3n) is 8.92. The van der Waals surface area contributed by atoms with Crippen molar-refractivity contribution in [1.29, 1.82) is 0 Å². The van der Waals surface area contributed by atoms with Crippen LogP contribution in [0.25, 0.3) is 94.4 Å². The molecule has 0 aliphatic rings. The molecule has 0 saturated carbocycles. The predicted molar refractivity (Wildman–Crippen MR) is 195 cm³/mol. The zero-order valence-electron chi connectivity index (χ0n) is 30.3. The Balaban J connectivity index is 1.31. The molecular formula is C43H26N4O. The first-order valence-corrected chi connectivity index (χ1v) is 15.6. The number of benzene rings is 7. The number of nitrogens with zero attached hydrogens (tertiary/aromatic N) is 4. The van der Waals surface area contributed by atoms with E-state index in [-0.39, 0.29) is 17.2 Å². The minimum atomic E-state index is -0.487. The first kappa shape index (κ1) is 22.0. The number of para-hydroxylation sites is 2. The Morgan fingerprint density at radius 3 is 1.96 bits per heavy atom. The van der Waals surface area contributed by atoms with Gasteiger partial charge in [-0.2, -0.15) is 0 Å². The van der Waals surface area contributed by atoms with Crippen LogP contribution in [-0.4, -0.2) is 19.5 Å². The van der Waals surface area contributed by atoms with Crippen molar-refractivity contribution in [2.45, 2.75) is 0 Å². The van der Waals surface area contributed by atoms with Crippen LogP contribution in [0.15, 0.2) is 162 Å². The van der Waals surface area contributed by atoms with Gasteiger partial charge in [-0.05, 0) is 53.2 Å². The van der Waals surface area contributed by atoms with E-state index in [9.17, 15) is 0 Å². The van der Waals surface area contributed by atoms with Crippen molar-refractivity contribution >= 4 is 54.5 Å². The number of hydrogen-bond donors (Lipinski definition) is 0. The normalized spacial score (nSPS) is 13.2. The molecule has 0 radical (unpaired) electrons. The van der Waals surface area contributed by atoms with Crippen molar-refractivity contribution < 1.29 is 11.3 Å². The van der Waals surface area contributed by atoms with Crippen LogP contribution in [0.4, 0.5) is 0 Å². The van der Waals surface area contributed by atoms with Gasteiger partial charge in [-0.3, -0.25) is 0 Å². The van der Waals surface area contributed by atoms with Crippen LogP contribution in [0.2, 0.25) is 0 Å². The van der Waals surface area contributed by atoms with Crippen molar-refractivity contribution in [3.05, 3.63) is 158 Å². The molecule has 48 heavy (non-hydrogen) atoms. The topological polar surface area (TPSA) is 56.7 Å². The van der Waals surface area contributed by atoms with Gasteiger partial charge in [0.25, 0.3) is 0 Å². The lowest BCUT2D eigenvalue weighted by Crippen LogP contribution is -2.01. The van der Waals surface area contributed by atoms with Gasteiger partial charge in [0.05, 0.1) is 17.9 Å². The Morgan fingerprint density at radius 2 is 1.15 bits per heavy atom. The molecule has 7 aromatic carbocycles.